The Morgan fingerprint density at radius 1 is 0.935 bits per heavy atom. The summed E-state index contributed by atoms with van der Waals surface area (Å²) in [5, 5.41) is 11.5. The maximum absolute atomic E-state index is 13.2. The summed E-state index contributed by atoms with van der Waals surface area (Å²) in [6.07, 6.45) is 0.286. The number of nitrogens with zero attached hydrogens (tertiary/aromatic N) is 2. The van der Waals surface area contributed by atoms with Crippen molar-refractivity contribution in [2.75, 3.05) is 11.9 Å². The van der Waals surface area contributed by atoms with Gasteiger partial charge in [-0.15, -0.1) is 0 Å². The molecular weight excluding hydrogens is 410 g/mol. The van der Waals surface area contributed by atoms with Crippen molar-refractivity contribution < 1.29 is 13.2 Å². The third-order valence-electron chi connectivity index (χ3n) is 4.70. The molecule has 0 bridgehead atoms. The summed E-state index contributed by atoms with van der Waals surface area (Å²) < 4.78 is 27.6. The molecule has 3 aromatic carbocycles. The Hall–Kier alpha value is -3.47. The van der Waals surface area contributed by atoms with Crippen LogP contribution in [0, 0.1) is 18.3 Å². The lowest BCUT2D eigenvalue weighted by Gasteiger charge is -2.22. The van der Waals surface area contributed by atoms with Crippen LogP contribution in [0.25, 0.3) is 0 Å². The van der Waals surface area contributed by atoms with Gasteiger partial charge in [-0.3, -0.25) is 4.79 Å². The summed E-state index contributed by atoms with van der Waals surface area (Å²) in [5.41, 5.74) is 3.24. The predicted octanol–water partition coefficient (Wildman–Crippen LogP) is 3.89. The van der Waals surface area contributed by atoms with Gasteiger partial charge in [0, 0.05) is 12.2 Å². The third-order valence-corrected chi connectivity index (χ3v) is 6.51. The van der Waals surface area contributed by atoms with Crippen LogP contribution in [-0.2, 0) is 27.8 Å². The Bertz CT molecular complexity index is 1170. The number of carbonyl (C=O) groups is 1. The minimum absolute atomic E-state index is 0.0754. The molecule has 3 rings (SSSR count). The number of amides is 1. The Morgan fingerprint density at radius 3 is 2.16 bits per heavy atom. The van der Waals surface area contributed by atoms with E-state index in [-0.39, 0.29) is 24.4 Å². The second kappa shape index (κ2) is 10.0. The fraction of sp³-hybridized carbons (Fsp3) is 0.167. The highest BCUT2D eigenvalue weighted by Gasteiger charge is 2.26. The lowest BCUT2D eigenvalue weighted by molar-refractivity contribution is -0.116. The second-order valence-electron chi connectivity index (χ2n) is 7.15. The first-order valence-corrected chi connectivity index (χ1v) is 11.2. The van der Waals surface area contributed by atoms with Crippen LogP contribution in [0.4, 0.5) is 5.69 Å². The van der Waals surface area contributed by atoms with Gasteiger partial charge in [-0.25, -0.2) is 8.42 Å². The number of carbonyl (C=O) groups excluding carboxylic acids is 1. The number of rotatable bonds is 8. The number of benzene rings is 3. The number of nitriles is 1. The molecule has 1 amide bonds. The number of aryl methyl sites for hydroxylation is 1. The summed E-state index contributed by atoms with van der Waals surface area (Å²) in [6, 6.07) is 24.6. The van der Waals surface area contributed by atoms with Crippen LogP contribution in [0.15, 0.2) is 83.8 Å². The molecule has 0 atom stereocenters. The summed E-state index contributed by atoms with van der Waals surface area (Å²) in [7, 11) is -3.87. The molecule has 7 heteroatoms. The van der Waals surface area contributed by atoms with Crippen molar-refractivity contribution in [1.29, 1.82) is 5.26 Å². The zero-order valence-corrected chi connectivity index (χ0v) is 18.0. The molecule has 0 aliphatic rings. The molecule has 0 unspecified atom stereocenters. The van der Waals surface area contributed by atoms with Crippen LogP contribution in [0.3, 0.4) is 0 Å². The van der Waals surface area contributed by atoms with Gasteiger partial charge in [0.1, 0.15) is 0 Å². The number of sulfonamides is 1. The van der Waals surface area contributed by atoms with E-state index in [4.69, 9.17) is 5.26 Å². The Labute approximate surface area is 182 Å². The quantitative estimate of drug-likeness (QED) is 0.583. The van der Waals surface area contributed by atoms with Crippen molar-refractivity contribution in [1.82, 2.24) is 4.31 Å². The molecule has 0 heterocycles. The SMILES string of the molecule is Cc1ccc(CN(CC(=O)Nc2ccc(CC#N)cc2)S(=O)(=O)c2ccccc2)cc1. The van der Waals surface area contributed by atoms with Crippen molar-refractivity contribution in [2.24, 2.45) is 0 Å². The first-order valence-electron chi connectivity index (χ1n) is 9.75. The molecule has 6 nitrogen and oxygen atoms in total. The molecule has 0 aromatic heterocycles. The molecule has 0 fully saturated rings. The number of nitrogens with one attached hydrogen (secondary N) is 1. The first kappa shape index (κ1) is 22.2. The maximum Gasteiger partial charge on any atom is 0.243 e. The highest BCUT2D eigenvalue weighted by Crippen LogP contribution is 2.19. The van der Waals surface area contributed by atoms with Crippen LogP contribution in [0.5, 0.6) is 0 Å². The molecule has 0 aliphatic carbocycles. The molecule has 0 saturated heterocycles. The summed E-state index contributed by atoms with van der Waals surface area (Å²) >= 11 is 0. The van der Waals surface area contributed by atoms with Crippen molar-refractivity contribution in [2.45, 2.75) is 24.8 Å². The zero-order valence-electron chi connectivity index (χ0n) is 17.2. The average molecular weight is 434 g/mol. The summed E-state index contributed by atoms with van der Waals surface area (Å²) in [6.45, 7) is 1.70. The average Bonchev–Trinajstić information content (AvgIpc) is 2.77. The van der Waals surface area contributed by atoms with E-state index in [1.165, 1.54) is 16.4 Å². The van der Waals surface area contributed by atoms with E-state index in [2.05, 4.69) is 11.4 Å². The molecule has 1 N–H and O–H groups in total. The maximum atomic E-state index is 13.2. The van der Waals surface area contributed by atoms with Gasteiger partial charge < -0.3 is 5.32 Å². The van der Waals surface area contributed by atoms with Gasteiger partial charge in [0.25, 0.3) is 0 Å². The molecule has 158 valence electrons. The van der Waals surface area contributed by atoms with Crippen molar-refractivity contribution in [3.8, 4) is 6.07 Å². The fourth-order valence-corrected chi connectivity index (χ4v) is 4.43. The Balaban J connectivity index is 1.81. The lowest BCUT2D eigenvalue weighted by atomic mass is 10.1. The van der Waals surface area contributed by atoms with E-state index in [0.29, 0.717) is 5.69 Å². The van der Waals surface area contributed by atoms with Gasteiger partial charge in [-0.05, 0) is 42.3 Å². The number of hydrogen-bond acceptors (Lipinski definition) is 4. The number of hydrogen-bond donors (Lipinski definition) is 1. The van der Waals surface area contributed by atoms with Crippen LogP contribution in [0.2, 0.25) is 0 Å². The van der Waals surface area contributed by atoms with Crippen molar-refractivity contribution >= 4 is 21.6 Å². The zero-order chi connectivity index (χ0) is 22.3. The minimum Gasteiger partial charge on any atom is -0.325 e. The van der Waals surface area contributed by atoms with Gasteiger partial charge in [0.2, 0.25) is 15.9 Å². The molecule has 0 spiro atoms. The largest absolute Gasteiger partial charge is 0.325 e. The highest BCUT2D eigenvalue weighted by molar-refractivity contribution is 7.89. The first-order chi connectivity index (χ1) is 14.9. The van der Waals surface area contributed by atoms with E-state index in [1.54, 1.807) is 42.5 Å². The van der Waals surface area contributed by atoms with Gasteiger partial charge in [0.15, 0.2) is 0 Å². The topological polar surface area (TPSA) is 90.3 Å². The van der Waals surface area contributed by atoms with Crippen molar-refractivity contribution in [3.05, 3.63) is 95.6 Å². The van der Waals surface area contributed by atoms with Crippen LogP contribution >= 0.6 is 0 Å². The van der Waals surface area contributed by atoms with E-state index in [0.717, 1.165) is 16.7 Å². The van der Waals surface area contributed by atoms with Gasteiger partial charge in [0.05, 0.1) is 23.9 Å². The monoisotopic (exact) mass is 433 g/mol. The number of anilines is 1. The lowest BCUT2D eigenvalue weighted by Crippen LogP contribution is -2.37. The van der Waals surface area contributed by atoms with Crippen LogP contribution < -0.4 is 5.32 Å². The van der Waals surface area contributed by atoms with Gasteiger partial charge in [-0.2, -0.15) is 9.57 Å². The standard InChI is InChI=1S/C24H23N3O3S/c1-19-7-9-21(10-8-19)17-27(31(29,30)23-5-3-2-4-6-23)18-24(28)26-22-13-11-20(12-14-22)15-16-25/h2-14H,15,17-18H2,1H3,(H,26,28). The molecular formula is C24H23N3O3S. The predicted molar refractivity (Wildman–Crippen MR) is 120 cm³/mol. The molecule has 3 aromatic rings. The van der Waals surface area contributed by atoms with Crippen LogP contribution in [-0.4, -0.2) is 25.2 Å². The van der Waals surface area contributed by atoms with Crippen molar-refractivity contribution in [3.63, 3.8) is 0 Å². The molecule has 0 aliphatic heterocycles. The summed E-state index contributed by atoms with van der Waals surface area (Å²) in [4.78, 5) is 12.8. The van der Waals surface area contributed by atoms with E-state index in [9.17, 15) is 13.2 Å². The second-order valence-corrected chi connectivity index (χ2v) is 9.09. The van der Waals surface area contributed by atoms with Gasteiger partial charge >= 0.3 is 0 Å². The highest BCUT2D eigenvalue weighted by atomic mass is 32.2. The third kappa shape index (κ3) is 6.01. The van der Waals surface area contributed by atoms with E-state index < -0.39 is 15.9 Å². The Morgan fingerprint density at radius 2 is 1.55 bits per heavy atom. The van der Waals surface area contributed by atoms with E-state index in [1.807, 2.05) is 31.2 Å². The normalized spacial score (nSPS) is 11.1. The smallest absolute Gasteiger partial charge is 0.243 e. The minimum atomic E-state index is -3.87. The summed E-state index contributed by atoms with van der Waals surface area (Å²) in [5.74, 6) is -0.445. The molecule has 31 heavy (non-hydrogen) atoms. The van der Waals surface area contributed by atoms with E-state index >= 15 is 0 Å². The van der Waals surface area contributed by atoms with Crippen LogP contribution in [0.1, 0.15) is 16.7 Å². The Kier molecular flexibility index (Phi) is 7.19. The van der Waals surface area contributed by atoms with Gasteiger partial charge in [-0.1, -0.05) is 60.2 Å². The molecule has 0 saturated carbocycles. The molecule has 0 radical (unpaired) electrons. The fourth-order valence-electron chi connectivity index (χ4n) is 3.02.